The molecule has 0 spiro atoms. The Bertz CT molecular complexity index is 529. The van der Waals surface area contributed by atoms with Gasteiger partial charge in [0.2, 0.25) is 0 Å². The first-order valence-corrected chi connectivity index (χ1v) is 6.38. The molecule has 0 radical (unpaired) electrons. The van der Waals surface area contributed by atoms with Crippen molar-refractivity contribution in [2.75, 3.05) is 0 Å². The van der Waals surface area contributed by atoms with Gasteiger partial charge < -0.3 is 10.2 Å². The number of carboxylic acid groups (broad SMARTS) is 2. The molecule has 2 rings (SSSR count). The fourth-order valence-corrected chi connectivity index (χ4v) is 1.35. The Labute approximate surface area is 128 Å². The van der Waals surface area contributed by atoms with Crippen LogP contribution in [0.4, 0.5) is 0 Å². The lowest BCUT2D eigenvalue weighted by molar-refractivity contribution is -0.135. The number of carbonyl (C=O) groups is 3. The van der Waals surface area contributed by atoms with Crippen molar-refractivity contribution in [1.82, 2.24) is 0 Å². The van der Waals surface area contributed by atoms with Crippen molar-refractivity contribution in [2.45, 2.75) is 13.8 Å². The van der Waals surface area contributed by atoms with E-state index in [-0.39, 0.29) is 5.78 Å². The summed E-state index contributed by atoms with van der Waals surface area (Å²) < 4.78 is 0. The number of carboxylic acids is 2. The van der Waals surface area contributed by atoms with E-state index in [1.165, 1.54) is 0 Å². The number of carbonyl (C=O) groups excluding carboxylic acids is 1. The van der Waals surface area contributed by atoms with Gasteiger partial charge in [-0.25, -0.2) is 0 Å². The Morgan fingerprint density at radius 1 is 0.636 bits per heavy atom. The van der Waals surface area contributed by atoms with Crippen molar-refractivity contribution in [3.05, 3.63) is 71.8 Å². The van der Waals surface area contributed by atoms with E-state index in [1.54, 1.807) is 0 Å². The number of hydrogen-bond donors (Lipinski definition) is 2. The molecule has 0 aromatic heterocycles. The van der Waals surface area contributed by atoms with Crippen LogP contribution in [0.1, 0.15) is 29.8 Å². The standard InChI is InChI=1S/C13H10O.2C2H4O2/c14-13(11-7-3-1-4-8-11)12-9-5-2-6-10-12;2*1-2(3)4/h1-10H;2*1H3,(H,3,4). The highest BCUT2D eigenvalue weighted by molar-refractivity contribution is 6.08. The third-order valence-corrected chi connectivity index (χ3v) is 2.07. The minimum atomic E-state index is -0.833. The monoisotopic (exact) mass is 302 g/mol. The summed E-state index contributed by atoms with van der Waals surface area (Å²) in [6.07, 6.45) is 0. The van der Waals surface area contributed by atoms with Gasteiger partial charge in [0, 0.05) is 25.0 Å². The largest absolute Gasteiger partial charge is 0.481 e. The summed E-state index contributed by atoms with van der Waals surface area (Å²) in [5, 5.41) is 14.8. The minimum absolute atomic E-state index is 0.0752. The number of rotatable bonds is 2. The Morgan fingerprint density at radius 2 is 0.864 bits per heavy atom. The van der Waals surface area contributed by atoms with Gasteiger partial charge in [0.05, 0.1) is 0 Å². The predicted molar refractivity (Wildman–Crippen MR) is 82.9 cm³/mol. The van der Waals surface area contributed by atoms with E-state index in [0.717, 1.165) is 25.0 Å². The first-order valence-electron chi connectivity index (χ1n) is 6.38. The van der Waals surface area contributed by atoms with Crippen LogP contribution in [0.25, 0.3) is 0 Å². The summed E-state index contributed by atoms with van der Waals surface area (Å²) in [6.45, 7) is 2.17. The van der Waals surface area contributed by atoms with Crippen molar-refractivity contribution in [1.29, 1.82) is 0 Å². The van der Waals surface area contributed by atoms with E-state index in [1.807, 2.05) is 60.7 Å². The summed E-state index contributed by atoms with van der Waals surface area (Å²) in [7, 11) is 0. The second-order valence-electron chi connectivity index (χ2n) is 4.10. The first kappa shape index (κ1) is 19.1. The topological polar surface area (TPSA) is 91.7 Å². The number of hydrogen-bond acceptors (Lipinski definition) is 3. The highest BCUT2D eigenvalue weighted by Gasteiger charge is 2.06. The number of ketones is 1. The van der Waals surface area contributed by atoms with Crippen LogP contribution in [-0.2, 0) is 9.59 Å². The van der Waals surface area contributed by atoms with Crippen LogP contribution < -0.4 is 0 Å². The average molecular weight is 302 g/mol. The fraction of sp³-hybridized carbons (Fsp3) is 0.118. The van der Waals surface area contributed by atoms with Gasteiger partial charge in [-0.15, -0.1) is 0 Å². The van der Waals surface area contributed by atoms with Crippen molar-refractivity contribution >= 4 is 17.7 Å². The molecule has 0 bridgehead atoms. The van der Waals surface area contributed by atoms with Crippen LogP contribution in [0.3, 0.4) is 0 Å². The van der Waals surface area contributed by atoms with E-state index in [2.05, 4.69) is 0 Å². The summed E-state index contributed by atoms with van der Waals surface area (Å²) in [5.74, 6) is -1.59. The second kappa shape index (κ2) is 10.8. The maximum absolute atomic E-state index is 11.8. The summed E-state index contributed by atoms with van der Waals surface area (Å²) in [6, 6.07) is 18.6. The highest BCUT2D eigenvalue weighted by Crippen LogP contribution is 2.08. The van der Waals surface area contributed by atoms with Gasteiger partial charge in [-0.1, -0.05) is 60.7 Å². The van der Waals surface area contributed by atoms with E-state index in [4.69, 9.17) is 19.8 Å². The maximum Gasteiger partial charge on any atom is 0.300 e. The van der Waals surface area contributed by atoms with Gasteiger partial charge >= 0.3 is 0 Å². The smallest absolute Gasteiger partial charge is 0.300 e. The second-order valence-corrected chi connectivity index (χ2v) is 4.10. The molecular weight excluding hydrogens is 284 g/mol. The molecule has 22 heavy (non-hydrogen) atoms. The Morgan fingerprint density at radius 3 is 1.09 bits per heavy atom. The molecule has 5 nitrogen and oxygen atoms in total. The number of aliphatic carboxylic acids is 2. The molecule has 0 saturated carbocycles. The van der Waals surface area contributed by atoms with Crippen LogP contribution in [0, 0.1) is 0 Å². The average Bonchev–Trinajstić information content (AvgIpc) is 2.47. The van der Waals surface area contributed by atoms with Crippen LogP contribution in [-0.4, -0.2) is 27.9 Å². The molecular formula is C17H18O5. The lowest BCUT2D eigenvalue weighted by Crippen LogP contribution is -1.99. The lowest BCUT2D eigenvalue weighted by atomic mass is 10.0. The van der Waals surface area contributed by atoms with Crippen molar-refractivity contribution in [2.24, 2.45) is 0 Å². The quantitative estimate of drug-likeness (QED) is 0.832. The van der Waals surface area contributed by atoms with Gasteiger partial charge in [0.15, 0.2) is 5.78 Å². The Kier molecular flexibility index (Phi) is 9.35. The molecule has 2 aromatic rings. The maximum atomic E-state index is 11.8. The van der Waals surface area contributed by atoms with Crippen LogP contribution in [0.2, 0.25) is 0 Å². The molecule has 0 aliphatic rings. The Balaban J connectivity index is 0.000000464. The molecule has 5 heteroatoms. The third-order valence-electron chi connectivity index (χ3n) is 2.07. The van der Waals surface area contributed by atoms with Gasteiger partial charge in [-0.3, -0.25) is 14.4 Å². The van der Waals surface area contributed by atoms with Crippen LogP contribution >= 0.6 is 0 Å². The molecule has 2 N–H and O–H groups in total. The molecule has 0 aliphatic heterocycles. The summed E-state index contributed by atoms with van der Waals surface area (Å²) in [4.78, 5) is 29.8. The molecule has 116 valence electrons. The van der Waals surface area contributed by atoms with E-state index in [0.29, 0.717) is 0 Å². The lowest BCUT2D eigenvalue weighted by Gasteiger charge is -1.99. The van der Waals surface area contributed by atoms with Crippen molar-refractivity contribution in [3.8, 4) is 0 Å². The predicted octanol–water partition coefficient (Wildman–Crippen LogP) is 3.10. The first-order chi connectivity index (χ1) is 10.3. The van der Waals surface area contributed by atoms with E-state index in [9.17, 15) is 4.79 Å². The molecule has 0 saturated heterocycles. The van der Waals surface area contributed by atoms with Gasteiger partial charge in [0.1, 0.15) is 0 Å². The van der Waals surface area contributed by atoms with Crippen molar-refractivity contribution < 1.29 is 24.6 Å². The normalized spacial score (nSPS) is 8.45. The van der Waals surface area contributed by atoms with Crippen LogP contribution in [0.15, 0.2) is 60.7 Å². The molecule has 0 amide bonds. The van der Waals surface area contributed by atoms with Gasteiger partial charge in [-0.2, -0.15) is 0 Å². The molecule has 0 atom stereocenters. The molecule has 2 aromatic carbocycles. The Hall–Kier alpha value is -2.95. The summed E-state index contributed by atoms with van der Waals surface area (Å²) in [5.41, 5.74) is 1.47. The van der Waals surface area contributed by atoms with Crippen LogP contribution in [0.5, 0.6) is 0 Å². The molecule has 0 unspecified atom stereocenters. The van der Waals surface area contributed by atoms with Gasteiger partial charge in [-0.05, 0) is 0 Å². The molecule has 0 aliphatic carbocycles. The van der Waals surface area contributed by atoms with Gasteiger partial charge in [0.25, 0.3) is 11.9 Å². The fourth-order valence-electron chi connectivity index (χ4n) is 1.35. The zero-order valence-corrected chi connectivity index (χ0v) is 12.4. The molecule has 0 fully saturated rings. The zero-order chi connectivity index (χ0) is 17.0. The minimum Gasteiger partial charge on any atom is -0.481 e. The van der Waals surface area contributed by atoms with E-state index < -0.39 is 11.9 Å². The zero-order valence-electron chi connectivity index (χ0n) is 12.4. The van der Waals surface area contributed by atoms with Crippen molar-refractivity contribution in [3.63, 3.8) is 0 Å². The summed E-state index contributed by atoms with van der Waals surface area (Å²) >= 11 is 0. The SMILES string of the molecule is CC(=O)O.CC(=O)O.O=C(c1ccccc1)c1ccccc1. The third kappa shape index (κ3) is 9.91. The molecule has 0 heterocycles. The number of benzene rings is 2. The van der Waals surface area contributed by atoms with E-state index >= 15 is 0 Å². The highest BCUT2D eigenvalue weighted by atomic mass is 16.4.